The molecule has 1 amide bonds. The normalized spacial score (nSPS) is 11.5. The molecule has 0 saturated heterocycles. The first-order valence-corrected chi connectivity index (χ1v) is 8.66. The number of benzene rings is 2. The number of aromatic hydroxyl groups is 1. The SMILES string of the molecule is CC(C)n1c(C(=O)Nc2cccc(O)c2)cc2c1c1ccccc1n2C. The highest BCUT2D eigenvalue weighted by Gasteiger charge is 2.22. The van der Waals surface area contributed by atoms with Crippen molar-refractivity contribution in [1.82, 2.24) is 9.13 Å². The van der Waals surface area contributed by atoms with Crippen LogP contribution in [0, 0.1) is 0 Å². The maximum Gasteiger partial charge on any atom is 0.272 e. The van der Waals surface area contributed by atoms with Gasteiger partial charge in [0.2, 0.25) is 0 Å². The monoisotopic (exact) mass is 347 g/mol. The third-order valence-electron chi connectivity index (χ3n) is 4.75. The number of aryl methyl sites for hydroxylation is 1. The molecule has 0 radical (unpaired) electrons. The molecule has 0 saturated carbocycles. The minimum Gasteiger partial charge on any atom is -0.508 e. The lowest BCUT2D eigenvalue weighted by molar-refractivity contribution is 0.101. The smallest absolute Gasteiger partial charge is 0.272 e. The molecule has 0 unspecified atom stereocenters. The number of hydrogen-bond donors (Lipinski definition) is 2. The average Bonchev–Trinajstić information content (AvgIpc) is 3.12. The molecule has 0 atom stereocenters. The lowest BCUT2D eigenvalue weighted by Crippen LogP contribution is -2.18. The summed E-state index contributed by atoms with van der Waals surface area (Å²) in [4.78, 5) is 12.9. The van der Waals surface area contributed by atoms with Gasteiger partial charge in [0.25, 0.3) is 5.91 Å². The maximum atomic E-state index is 12.9. The second-order valence-electron chi connectivity index (χ2n) is 6.81. The summed E-state index contributed by atoms with van der Waals surface area (Å²) >= 11 is 0. The Hall–Kier alpha value is -3.21. The molecule has 0 bridgehead atoms. The predicted octanol–water partition coefficient (Wildman–Crippen LogP) is 4.67. The Labute approximate surface area is 151 Å². The summed E-state index contributed by atoms with van der Waals surface area (Å²) in [5.41, 5.74) is 4.42. The van der Waals surface area contributed by atoms with Crippen molar-refractivity contribution in [3.63, 3.8) is 0 Å². The number of para-hydroxylation sites is 1. The number of nitrogens with zero attached hydrogens (tertiary/aromatic N) is 2. The van der Waals surface area contributed by atoms with Gasteiger partial charge in [-0.3, -0.25) is 4.79 Å². The Kier molecular flexibility index (Phi) is 3.72. The predicted molar refractivity (Wildman–Crippen MR) is 105 cm³/mol. The molecule has 0 aliphatic carbocycles. The third kappa shape index (κ3) is 2.44. The van der Waals surface area contributed by atoms with Crippen molar-refractivity contribution in [3.05, 3.63) is 60.3 Å². The lowest BCUT2D eigenvalue weighted by Gasteiger charge is -2.14. The number of nitrogens with one attached hydrogen (secondary N) is 1. The first kappa shape index (κ1) is 16.3. The van der Waals surface area contributed by atoms with E-state index in [2.05, 4.69) is 40.4 Å². The van der Waals surface area contributed by atoms with E-state index in [9.17, 15) is 9.90 Å². The van der Waals surface area contributed by atoms with Gasteiger partial charge in [-0.1, -0.05) is 24.3 Å². The summed E-state index contributed by atoms with van der Waals surface area (Å²) in [7, 11) is 2.02. The number of amides is 1. The molecular weight excluding hydrogens is 326 g/mol. The summed E-state index contributed by atoms with van der Waals surface area (Å²) in [6, 6.07) is 16.9. The first-order valence-electron chi connectivity index (χ1n) is 8.66. The van der Waals surface area contributed by atoms with Gasteiger partial charge in [0.05, 0.1) is 16.6 Å². The van der Waals surface area contributed by atoms with E-state index in [0.717, 1.165) is 21.9 Å². The van der Waals surface area contributed by atoms with Gasteiger partial charge < -0.3 is 19.6 Å². The molecular formula is C21H21N3O2. The van der Waals surface area contributed by atoms with Crippen molar-refractivity contribution in [2.75, 3.05) is 5.32 Å². The molecule has 0 aliphatic heterocycles. The number of aromatic nitrogens is 2. The fourth-order valence-corrected chi connectivity index (χ4v) is 3.62. The van der Waals surface area contributed by atoms with Crippen LogP contribution in [0.25, 0.3) is 21.9 Å². The maximum absolute atomic E-state index is 12.9. The van der Waals surface area contributed by atoms with Crippen LogP contribution in [0.4, 0.5) is 5.69 Å². The van der Waals surface area contributed by atoms with Crippen LogP contribution in [0.3, 0.4) is 0 Å². The zero-order chi connectivity index (χ0) is 18.4. The van der Waals surface area contributed by atoms with Gasteiger partial charge in [-0.05, 0) is 38.1 Å². The van der Waals surface area contributed by atoms with Gasteiger partial charge >= 0.3 is 0 Å². The third-order valence-corrected chi connectivity index (χ3v) is 4.75. The van der Waals surface area contributed by atoms with Crippen LogP contribution >= 0.6 is 0 Å². The van der Waals surface area contributed by atoms with E-state index < -0.39 is 0 Å². The van der Waals surface area contributed by atoms with Crippen molar-refractivity contribution < 1.29 is 9.90 Å². The number of phenolic OH excluding ortho intramolecular Hbond substituents is 1. The summed E-state index contributed by atoms with van der Waals surface area (Å²) < 4.78 is 4.20. The van der Waals surface area contributed by atoms with Crippen molar-refractivity contribution >= 4 is 33.5 Å². The van der Waals surface area contributed by atoms with E-state index in [0.29, 0.717) is 11.4 Å². The van der Waals surface area contributed by atoms with Crippen molar-refractivity contribution in [2.45, 2.75) is 19.9 Å². The number of fused-ring (bicyclic) bond motifs is 3. The summed E-state index contributed by atoms with van der Waals surface area (Å²) in [5.74, 6) is -0.0669. The molecule has 0 aliphatic rings. The largest absolute Gasteiger partial charge is 0.508 e. The van der Waals surface area contributed by atoms with Gasteiger partial charge in [-0.2, -0.15) is 0 Å². The molecule has 5 heteroatoms. The van der Waals surface area contributed by atoms with E-state index in [1.807, 2.05) is 25.2 Å². The molecule has 2 N–H and O–H groups in total. The van der Waals surface area contributed by atoms with Crippen molar-refractivity contribution in [3.8, 4) is 5.75 Å². The van der Waals surface area contributed by atoms with E-state index in [1.54, 1.807) is 18.2 Å². The lowest BCUT2D eigenvalue weighted by atomic mass is 10.2. The summed E-state index contributed by atoms with van der Waals surface area (Å²) in [6.07, 6.45) is 0. The van der Waals surface area contributed by atoms with Gasteiger partial charge in [0, 0.05) is 30.2 Å². The molecule has 2 aromatic carbocycles. The second-order valence-corrected chi connectivity index (χ2v) is 6.81. The molecule has 5 nitrogen and oxygen atoms in total. The van der Waals surface area contributed by atoms with Crippen LogP contribution in [-0.2, 0) is 7.05 Å². The van der Waals surface area contributed by atoms with Crippen LogP contribution < -0.4 is 5.32 Å². The topological polar surface area (TPSA) is 59.2 Å². The summed E-state index contributed by atoms with van der Waals surface area (Å²) in [5, 5.41) is 13.6. The number of carbonyl (C=O) groups is 1. The zero-order valence-corrected chi connectivity index (χ0v) is 15.0. The van der Waals surface area contributed by atoms with E-state index in [-0.39, 0.29) is 17.7 Å². The standard InChI is InChI=1S/C21H21N3O2/c1-13(2)24-19(21(26)22-14-7-6-8-15(25)11-14)12-18-20(24)16-9-4-5-10-17(16)23(18)3/h4-13,25H,1-3H3,(H,22,26). The zero-order valence-electron chi connectivity index (χ0n) is 15.0. The number of carbonyl (C=O) groups excluding carboxylic acids is 1. The van der Waals surface area contributed by atoms with Gasteiger partial charge in [0.1, 0.15) is 11.4 Å². The highest BCUT2D eigenvalue weighted by Crippen LogP contribution is 2.33. The Morgan fingerprint density at radius 2 is 1.81 bits per heavy atom. The van der Waals surface area contributed by atoms with Crippen molar-refractivity contribution in [2.24, 2.45) is 7.05 Å². The van der Waals surface area contributed by atoms with E-state index in [4.69, 9.17) is 0 Å². The molecule has 2 heterocycles. The molecule has 132 valence electrons. The van der Waals surface area contributed by atoms with E-state index in [1.165, 1.54) is 6.07 Å². The Bertz CT molecular complexity index is 1140. The second kappa shape index (κ2) is 5.95. The van der Waals surface area contributed by atoms with Crippen LogP contribution in [0.2, 0.25) is 0 Å². The number of hydrogen-bond acceptors (Lipinski definition) is 2. The first-order chi connectivity index (χ1) is 12.5. The van der Waals surface area contributed by atoms with Gasteiger partial charge in [0.15, 0.2) is 0 Å². The minimum atomic E-state index is -0.190. The summed E-state index contributed by atoms with van der Waals surface area (Å²) in [6.45, 7) is 4.15. The number of rotatable bonds is 3. The number of anilines is 1. The quantitative estimate of drug-likeness (QED) is 0.566. The van der Waals surface area contributed by atoms with E-state index >= 15 is 0 Å². The molecule has 4 rings (SSSR count). The molecule has 2 aromatic heterocycles. The fraction of sp³-hybridized carbons (Fsp3) is 0.190. The average molecular weight is 347 g/mol. The molecule has 4 aromatic rings. The van der Waals surface area contributed by atoms with Crippen molar-refractivity contribution in [1.29, 1.82) is 0 Å². The van der Waals surface area contributed by atoms with Crippen LogP contribution in [0.1, 0.15) is 30.4 Å². The molecule has 0 fully saturated rings. The Balaban J connectivity index is 1.88. The van der Waals surface area contributed by atoms with Gasteiger partial charge in [-0.25, -0.2) is 0 Å². The Morgan fingerprint density at radius 1 is 1.04 bits per heavy atom. The highest BCUT2D eigenvalue weighted by atomic mass is 16.3. The molecule has 0 spiro atoms. The highest BCUT2D eigenvalue weighted by molar-refractivity contribution is 6.12. The van der Waals surface area contributed by atoms with Crippen LogP contribution in [0.15, 0.2) is 54.6 Å². The fourth-order valence-electron chi connectivity index (χ4n) is 3.62. The van der Waals surface area contributed by atoms with Crippen LogP contribution in [0.5, 0.6) is 5.75 Å². The Morgan fingerprint density at radius 3 is 2.54 bits per heavy atom. The van der Waals surface area contributed by atoms with Crippen LogP contribution in [-0.4, -0.2) is 20.1 Å². The molecule has 26 heavy (non-hydrogen) atoms. The van der Waals surface area contributed by atoms with Gasteiger partial charge in [-0.15, -0.1) is 0 Å². The minimum absolute atomic E-state index is 0.123. The number of phenols is 1.